The van der Waals surface area contributed by atoms with Crippen molar-refractivity contribution in [2.45, 2.75) is 25.3 Å². The minimum Gasteiger partial charge on any atom is -0.347 e. The van der Waals surface area contributed by atoms with Gasteiger partial charge in [-0.1, -0.05) is 35.5 Å². The molecule has 0 radical (unpaired) electrons. The van der Waals surface area contributed by atoms with Gasteiger partial charge in [0.15, 0.2) is 0 Å². The molecule has 1 unspecified atom stereocenters. The van der Waals surface area contributed by atoms with Crippen LogP contribution in [0.2, 0.25) is 0 Å². The number of hydrogen-bond acceptors (Lipinski definition) is 6. The molecule has 1 aliphatic rings. The second kappa shape index (κ2) is 7.90. The highest BCUT2D eigenvalue weighted by atomic mass is 16.5. The number of fused-ring (bicyclic) bond motifs is 1. The molecule has 4 aromatic rings. The van der Waals surface area contributed by atoms with Crippen LogP contribution in [0.3, 0.4) is 0 Å². The molecule has 4 heterocycles. The normalized spacial score (nSPS) is 15.7. The molecule has 0 bridgehead atoms. The van der Waals surface area contributed by atoms with Crippen LogP contribution in [0, 0.1) is 0 Å². The maximum atomic E-state index is 13.0. The lowest BCUT2D eigenvalue weighted by atomic mass is 9.91. The number of imidazole rings is 1. The maximum absolute atomic E-state index is 13.0. The Morgan fingerprint density at radius 3 is 2.83 bits per heavy atom. The van der Waals surface area contributed by atoms with E-state index in [0.717, 1.165) is 22.5 Å². The van der Waals surface area contributed by atoms with Gasteiger partial charge in [-0.3, -0.25) is 9.78 Å². The molecule has 0 saturated carbocycles. The van der Waals surface area contributed by atoms with E-state index in [0.29, 0.717) is 37.6 Å². The molecular formula is C22H20N6O2. The van der Waals surface area contributed by atoms with Gasteiger partial charge in [-0.25, -0.2) is 4.98 Å². The predicted octanol–water partition coefficient (Wildman–Crippen LogP) is 2.96. The van der Waals surface area contributed by atoms with Gasteiger partial charge in [0.05, 0.1) is 24.3 Å². The highest BCUT2D eigenvalue weighted by Gasteiger charge is 2.31. The average Bonchev–Trinajstić information content (AvgIpc) is 3.47. The number of H-pyrrole nitrogens is 1. The van der Waals surface area contributed by atoms with Crippen LogP contribution >= 0.6 is 0 Å². The zero-order chi connectivity index (χ0) is 20.3. The summed E-state index contributed by atoms with van der Waals surface area (Å²) < 4.78 is 5.32. The molecule has 0 fully saturated rings. The van der Waals surface area contributed by atoms with Crippen molar-refractivity contribution in [1.82, 2.24) is 30.0 Å². The van der Waals surface area contributed by atoms with Crippen molar-refractivity contribution in [3.05, 3.63) is 84.0 Å². The molecule has 0 saturated heterocycles. The number of pyridine rings is 1. The fourth-order valence-corrected chi connectivity index (χ4v) is 3.81. The van der Waals surface area contributed by atoms with Crippen LogP contribution in [0.1, 0.15) is 35.2 Å². The minimum absolute atomic E-state index is 0.0554. The van der Waals surface area contributed by atoms with Gasteiger partial charge in [0.25, 0.3) is 0 Å². The Kier molecular flexibility index (Phi) is 4.80. The first-order chi connectivity index (χ1) is 14.8. The zero-order valence-corrected chi connectivity index (χ0v) is 16.2. The lowest BCUT2D eigenvalue weighted by Crippen LogP contribution is -2.38. The van der Waals surface area contributed by atoms with Crippen LogP contribution in [0.4, 0.5) is 0 Å². The molecule has 0 spiro atoms. The van der Waals surface area contributed by atoms with Gasteiger partial charge in [-0.05, 0) is 17.7 Å². The van der Waals surface area contributed by atoms with E-state index in [1.165, 1.54) is 0 Å². The van der Waals surface area contributed by atoms with Gasteiger partial charge in [0, 0.05) is 43.3 Å². The lowest BCUT2D eigenvalue weighted by Gasteiger charge is -2.32. The summed E-state index contributed by atoms with van der Waals surface area (Å²) in [6.45, 7) is 1.14. The first-order valence-corrected chi connectivity index (χ1v) is 9.86. The van der Waals surface area contributed by atoms with Crippen molar-refractivity contribution in [3.63, 3.8) is 0 Å². The first kappa shape index (κ1) is 18.2. The van der Waals surface area contributed by atoms with Crippen LogP contribution in [-0.2, 0) is 17.8 Å². The number of nitrogens with one attached hydrogen (secondary N) is 1. The van der Waals surface area contributed by atoms with Crippen molar-refractivity contribution in [2.75, 3.05) is 6.54 Å². The second-order valence-electron chi connectivity index (χ2n) is 7.25. The summed E-state index contributed by atoms with van der Waals surface area (Å²) in [4.78, 5) is 30.9. The fourth-order valence-electron chi connectivity index (χ4n) is 3.81. The third-order valence-electron chi connectivity index (χ3n) is 5.35. The second-order valence-corrected chi connectivity index (χ2v) is 7.25. The number of amides is 1. The van der Waals surface area contributed by atoms with Crippen LogP contribution in [0.15, 0.2) is 65.7 Å². The SMILES string of the molecule is O=C(CCc1nc(-c2ccncc2)no1)N1Cc2[nH]cnc2C(c2ccccc2)C1. The number of carbonyl (C=O) groups is 1. The van der Waals surface area contributed by atoms with Crippen LogP contribution < -0.4 is 0 Å². The molecule has 5 rings (SSSR count). The summed E-state index contributed by atoms with van der Waals surface area (Å²) in [7, 11) is 0. The average molecular weight is 400 g/mol. The monoisotopic (exact) mass is 400 g/mol. The van der Waals surface area contributed by atoms with Crippen LogP contribution in [-0.4, -0.2) is 42.4 Å². The Balaban J connectivity index is 1.27. The Labute approximate surface area is 173 Å². The van der Waals surface area contributed by atoms with E-state index in [4.69, 9.17) is 4.52 Å². The Hall–Kier alpha value is -3.81. The van der Waals surface area contributed by atoms with E-state index >= 15 is 0 Å². The quantitative estimate of drug-likeness (QED) is 0.553. The molecular weight excluding hydrogens is 380 g/mol. The Bertz CT molecular complexity index is 1140. The van der Waals surface area contributed by atoms with Crippen molar-refractivity contribution in [3.8, 4) is 11.4 Å². The minimum atomic E-state index is 0.0554. The van der Waals surface area contributed by atoms with Gasteiger partial charge in [0.2, 0.25) is 17.6 Å². The smallest absolute Gasteiger partial charge is 0.227 e. The number of nitrogens with zero attached hydrogens (tertiary/aromatic N) is 5. The van der Waals surface area contributed by atoms with Gasteiger partial charge in [0.1, 0.15) is 0 Å². The molecule has 1 amide bonds. The number of rotatable bonds is 5. The summed E-state index contributed by atoms with van der Waals surface area (Å²) in [5.41, 5.74) is 3.99. The molecule has 8 nitrogen and oxygen atoms in total. The number of benzene rings is 1. The van der Waals surface area contributed by atoms with E-state index in [1.54, 1.807) is 18.7 Å². The molecule has 1 atom stereocenters. The third-order valence-corrected chi connectivity index (χ3v) is 5.35. The molecule has 30 heavy (non-hydrogen) atoms. The van der Waals surface area contributed by atoms with E-state index in [2.05, 4.69) is 37.2 Å². The fraction of sp³-hybridized carbons (Fsp3) is 0.227. The van der Waals surface area contributed by atoms with Crippen molar-refractivity contribution < 1.29 is 9.32 Å². The lowest BCUT2D eigenvalue weighted by molar-refractivity contribution is -0.132. The van der Waals surface area contributed by atoms with Crippen LogP contribution in [0.25, 0.3) is 11.4 Å². The number of aryl methyl sites for hydroxylation is 1. The molecule has 1 aliphatic heterocycles. The van der Waals surface area contributed by atoms with Gasteiger partial charge in [-0.2, -0.15) is 4.98 Å². The number of carbonyl (C=O) groups excluding carboxylic acids is 1. The number of aromatic nitrogens is 5. The van der Waals surface area contributed by atoms with Gasteiger partial charge in [-0.15, -0.1) is 0 Å². The summed E-state index contributed by atoms with van der Waals surface area (Å²) >= 11 is 0. The standard InChI is InChI=1S/C22H20N6O2/c29-20(7-6-19-26-22(27-30-19)16-8-10-23-11-9-16)28-12-17(15-4-2-1-3-5-15)21-18(13-28)24-14-25-21/h1-5,8-11,14,17H,6-7,12-13H2,(H,24,25). The largest absolute Gasteiger partial charge is 0.347 e. The number of aromatic amines is 1. The predicted molar refractivity (Wildman–Crippen MR) is 108 cm³/mol. The van der Waals surface area contributed by atoms with Gasteiger partial charge < -0.3 is 14.4 Å². The summed E-state index contributed by atoms with van der Waals surface area (Å²) in [6, 6.07) is 13.8. The Morgan fingerprint density at radius 1 is 1.17 bits per heavy atom. The molecule has 3 aromatic heterocycles. The first-order valence-electron chi connectivity index (χ1n) is 9.86. The highest BCUT2D eigenvalue weighted by Crippen LogP contribution is 2.31. The molecule has 1 aromatic carbocycles. The topological polar surface area (TPSA) is 101 Å². The maximum Gasteiger partial charge on any atom is 0.227 e. The van der Waals surface area contributed by atoms with E-state index in [1.807, 2.05) is 35.2 Å². The summed E-state index contributed by atoms with van der Waals surface area (Å²) in [5, 5.41) is 4.00. The molecule has 150 valence electrons. The van der Waals surface area contributed by atoms with Crippen molar-refractivity contribution in [1.29, 1.82) is 0 Å². The van der Waals surface area contributed by atoms with E-state index in [9.17, 15) is 4.79 Å². The summed E-state index contributed by atoms with van der Waals surface area (Å²) in [5.74, 6) is 1.07. The zero-order valence-electron chi connectivity index (χ0n) is 16.2. The van der Waals surface area contributed by atoms with Gasteiger partial charge >= 0.3 is 0 Å². The summed E-state index contributed by atoms with van der Waals surface area (Å²) in [6.07, 6.45) is 5.77. The van der Waals surface area contributed by atoms with Crippen LogP contribution in [0.5, 0.6) is 0 Å². The third kappa shape index (κ3) is 3.59. The molecule has 1 N–H and O–H groups in total. The van der Waals surface area contributed by atoms with Crippen molar-refractivity contribution >= 4 is 5.91 Å². The highest BCUT2D eigenvalue weighted by molar-refractivity contribution is 5.77. The van der Waals surface area contributed by atoms with E-state index in [-0.39, 0.29) is 11.8 Å². The molecule has 8 heteroatoms. The Morgan fingerprint density at radius 2 is 2.00 bits per heavy atom. The van der Waals surface area contributed by atoms with E-state index < -0.39 is 0 Å². The molecule has 0 aliphatic carbocycles. The van der Waals surface area contributed by atoms with Crippen molar-refractivity contribution in [2.24, 2.45) is 0 Å². The number of hydrogen-bond donors (Lipinski definition) is 1.